The smallest absolute Gasteiger partial charge is 0.414 e. The highest BCUT2D eigenvalue weighted by Crippen LogP contribution is 2.32. The number of nitrogens with one attached hydrogen (secondary N) is 2. The van der Waals surface area contributed by atoms with E-state index in [9.17, 15) is 18.0 Å². The zero-order valence-corrected chi connectivity index (χ0v) is 21.8. The van der Waals surface area contributed by atoms with E-state index in [-0.39, 0.29) is 34.6 Å². The predicted molar refractivity (Wildman–Crippen MR) is 137 cm³/mol. The zero-order valence-electron chi connectivity index (χ0n) is 21.0. The third kappa shape index (κ3) is 6.09. The van der Waals surface area contributed by atoms with Gasteiger partial charge in [-0.25, -0.2) is 18.7 Å². The van der Waals surface area contributed by atoms with E-state index in [0.29, 0.717) is 23.5 Å². The van der Waals surface area contributed by atoms with E-state index in [1.807, 2.05) is 7.05 Å². The second-order valence-corrected chi connectivity index (χ2v) is 10.8. The van der Waals surface area contributed by atoms with E-state index in [1.54, 1.807) is 26.2 Å². The van der Waals surface area contributed by atoms with Crippen molar-refractivity contribution in [2.45, 2.75) is 31.8 Å². The van der Waals surface area contributed by atoms with Crippen LogP contribution in [0.5, 0.6) is 5.75 Å². The number of ether oxygens (including phenoxy) is 1. The molecule has 2 N–H and O–H groups in total. The third-order valence-electron chi connectivity index (χ3n) is 6.20. The Balaban J connectivity index is 1.78. The molecular formula is C25H29FN4O6S. The first kappa shape index (κ1) is 26.6. The molecule has 3 aromatic rings. The average molecular weight is 533 g/mol. The van der Waals surface area contributed by atoms with Crippen molar-refractivity contribution in [3.05, 3.63) is 69.3 Å². The highest BCUT2D eigenvalue weighted by atomic mass is 32.2. The number of hydrogen-bond acceptors (Lipinski definition) is 7. The largest absolute Gasteiger partial charge is 0.422 e. The lowest BCUT2D eigenvalue weighted by molar-refractivity contribution is 0.172. The lowest BCUT2D eigenvalue weighted by atomic mass is 9.97. The van der Waals surface area contributed by atoms with Crippen LogP contribution in [0.1, 0.15) is 29.5 Å². The quantitative estimate of drug-likeness (QED) is 0.406. The normalized spacial score (nSPS) is 13.7. The molecule has 2 aromatic carbocycles. The fourth-order valence-electron chi connectivity index (χ4n) is 3.97. The number of rotatable bonds is 9. The van der Waals surface area contributed by atoms with Gasteiger partial charge in [0, 0.05) is 57.2 Å². The maximum absolute atomic E-state index is 15.3. The van der Waals surface area contributed by atoms with Gasteiger partial charge in [-0.2, -0.15) is 8.42 Å². The lowest BCUT2D eigenvalue weighted by Crippen LogP contribution is -2.27. The van der Waals surface area contributed by atoms with Crippen LogP contribution in [0.3, 0.4) is 0 Å². The molecule has 0 unspecified atom stereocenters. The number of amides is 1. The SMILES string of the molecule is CNS(=O)(=O)Nc1cccc(Cc2c(CN(C)C3CC3)c3ccc(OC(=O)N(C)C)cc3oc2=O)c1F. The molecule has 1 amide bonds. The summed E-state index contributed by atoms with van der Waals surface area (Å²) in [6.45, 7) is 0.423. The first-order chi connectivity index (χ1) is 17.5. The number of nitrogens with zero attached hydrogens (tertiary/aromatic N) is 2. The van der Waals surface area contributed by atoms with Crippen LogP contribution in [-0.4, -0.2) is 58.5 Å². The van der Waals surface area contributed by atoms with Gasteiger partial charge in [-0.05, 0) is 49.2 Å². The standard InChI is InChI=1S/C25H29FN4O6S/c1-27-37(33,34)28-21-7-5-6-15(23(21)26)12-19-20(14-30(4)16-8-9-16)18-11-10-17(35-25(32)29(2)3)13-22(18)36-24(19)31/h5-7,10-11,13,16,27-28H,8-9,12,14H2,1-4H3. The minimum absolute atomic E-state index is 0.107. The predicted octanol–water partition coefficient (Wildman–Crippen LogP) is 3.05. The van der Waals surface area contributed by atoms with E-state index in [0.717, 1.165) is 12.8 Å². The Morgan fingerprint density at radius 1 is 1.16 bits per heavy atom. The summed E-state index contributed by atoms with van der Waals surface area (Å²) >= 11 is 0. The van der Waals surface area contributed by atoms with Gasteiger partial charge in [-0.1, -0.05) is 12.1 Å². The summed E-state index contributed by atoms with van der Waals surface area (Å²) in [4.78, 5) is 28.6. The molecule has 0 spiro atoms. The van der Waals surface area contributed by atoms with E-state index >= 15 is 4.39 Å². The summed E-state index contributed by atoms with van der Waals surface area (Å²) < 4.78 is 54.1. The van der Waals surface area contributed by atoms with Crippen molar-refractivity contribution in [2.75, 3.05) is 32.9 Å². The van der Waals surface area contributed by atoms with E-state index < -0.39 is 27.7 Å². The van der Waals surface area contributed by atoms with E-state index in [1.165, 1.54) is 36.2 Å². The maximum atomic E-state index is 15.3. The van der Waals surface area contributed by atoms with E-state index in [2.05, 4.69) is 14.3 Å². The molecule has 0 radical (unpaired) electrons. The van der Waals surface area contributed by atoms with Crippen molar-refractivity contribution in [2.24, 2.45) is 0 Å². The Labute approximate surface area is 214 Å². The maximum Gasteiger partial charge on any atom is 0.414 e. The zero-order chi connectivity index (χ0) is 26.9. The molecule has 198 valence electrons. The summed E-state index contributed by atoms with van der Waals surface area (Å²) in [5, 5.41) is 0.638. The van der Waals surface area contributed by atoms with Gasteiger partial charge in [0.15, 0.2) is 5.82 Å². The van der Waals surface area contributed by atoms with Gasteiger partial charge in [-0.15, -0.1) is 0 Å². The monoisotopic (exact) mass is 532 g/mol. The van der Waals surface area contributed by atoms with Gasteiger partial charge < -0.3 is 14.1 Å². The molecule has 1 aliphatic carbocycles. The lowest BCUT2D eigenvalue weighted by Gasteiger charge is -2.20. The van der Waals surface area contributed by atoms with Crippen LogP contribution >= 0.6 is 0 Å². The molecule has 0 saturated heterocycles. The summed E-state index contributed by atoms with van der Waals surface area (Å²) in [5.41, 5.74) is 0.435. The number of anilines is 1. The van der Waals surface area contributed by atoms with Crippen LogP contribution in [0.25, 0.3) is 11.0 Å². The van der Waals surface area contributed by atoms with Crippen LogP contribution in [0.4, 0.5) is 14.9 Å². The highest BCUT2D eigenvalue weighted by Gasteiger charge is 2.28. The second kappa shape index (κ2) is 10.5. The van der Waals surface area contributed by atoms with Gasteiger partial charge in [0.2, 0.25) is 0 Å². The van der Waals surface area contributed by atoms with Gasteiger partial charge in [0.25, 0.3) is 10.2 Å². The van der Waals surface area contributed by atoms with Gasteiger partial charge in [-0.3, -0.25) is 9.62 Å². The van der Waals surface area contributed by atoms with Gasteiger partial charge in [0.1, 0.15) is 11.3 Å². The molecule has 0 bridgehead atoms. The van der Waals surface area contributed by atoms with Crippen molar-refractivity contribution < 1.29 is 26.8 Å². The Morgan fingerprint density at radius 2 is 1.89 bits per heavy atom. The van der Waals surface area contributed by atoms with Crippen LogP contribution in [0, 0.1) is 5.82 Å². The van der Waals surface area contributed by atoms with Crippen LogP contribution < -0.4 is 19.8 Å². The Kier molecular flexibility index (Phi) is 7.53. The molecule has 1 fully saturated rings. The summed E-state index contributed by atoms with van der Waals surface area (Å²) in [5.74, 6) is -0.563. The topological polar surface area (TPSA) is 121 Å². The molecule has 1 aliphatic rings. The Morgan fingerprint density at radius 3 is 2.54 bits per heavy atom. The number of carbonyl (C=O) groups excluding carboxylic acids is 1. The number of halogens is 1. The molecule has 12 heteroatoms. The van der Waals surface area contributed by atoms with Crippen molar-refractivity contribution in [1.29, 1.82) is 0 Å². The molecule has 1 heterocycles. The number of fused-ring (bicyclic) bond motifs is 1. The van der Waals surface area contributed by atoms with Crippen molar-refractivity contribution in [3.8, 4) is 5.75 Å². The molecule has 0 aliphatic heterocycles. The van der Waals surface area contributed by atoms with Gasteiger partial charge >= 0.3 is 11.7 Å². The minimum Gasteiger partial charge on any atom is -0.422 e. The van der Waals surface area contributed by atoms with Crippen molar-refractivity contribution >= 4 is 33.0 Å². The fourth-order valence-corrected chi connectivity index (χ4v) is 4.52. The molecule has 4 rings (SSSR count). The number of carbonyl (C=O) groups is 1. The fraction of sp³-hybridized carbons (Fsp3) is 0.360. The third-order valence-corrected chi connectivity index (χ3v) is 7.22. The number of benzene rings is 2. The van der Waals surface area contributed by atoms with Crippen LogP contribution in [0.15, 0.2) is 45.6 Å². The summed E-state index contributed by atoms with van der Waals surface area (Å²) in [6.07, 6.45) is 1.43. The van der Waals surface area contributed by atoms with Gasteiger partial charge in [0.05, 0.1) is 5.69 Å². The van der Waals surface area contributed by atoms with Crippen LogP contribution in [-0.2, 0) is 23.2 Å². The average Bonchev–Trinajstić information content (AvgIpc) is 3.69. The molecular weight excluding hydrogens is 503 g/mol. The number of hydrogen-bond donors (Lipinski definition) is 2. The highest BCUT2D eigenvalue weighted by molar-refractivity contribution is 7.90. The Bertz CT molecular complexity index is 1500. The van der Waals surface area contributed by atoms with Crippen molar-refractivity contribution in [1.82, 2.24) is 14.5 Å². The Hall–Kier alpha value is -3.48. The molecule has 1 aromatic heterocycles. The molecule has 0 atom stereocenters. The molecule has 10 nitrogen and oxygen atoms in total. The summed E-state index contributed by atoms with van der Waals surface area (Å²) in [6, 6.07) is 9.51. The molecule has 1 saturated carbocycles. The first-order valence-electron chi connectivity index (χ1n) is 11.7. The molecule has 37 heavy (non-hydrogen) atoms. The first-order valence-corrected chi connectivity index (χ1v) is 13.1. The second-order valence-electron chi connectivity index (χ2n) is 9.18. The van der Waals surface area contributed by atoms with E-state index in [4.69, 9.17) is 9.15 Å². The summed E-state index contributed by atoms with van der Waals surface area (Å²) in [7, 11) is 2.35. The minimum atomic E-state index is -3.93. The van der Waals surface area contributed by atoms with Crippen LogP contribution in [0.2, 0.25) is 0 Å². The van der Waals surface area contributed by atoms with Crippen molar-refractivity contribution in [3.63, 3.8) is 0 Å².